The van der Waals surface area contributed by atoms with Gasteiger partial charge in [-0.1, -0.05) is 12.1 Å². The fourth-order valence-electron chi connectivity index (χ4n) is 1.56. The second kappa shape index (κ2) is 6.10. The van der Waals surface area contributed by atoms with Crippen molar-refractivity contribution in [1.29, 1.82) is 0 Å². The van der Waals surface area contributed by atoms with Crippen molar-refractivity contribution >= 4 is 5.97 Å². The molecule has 1 aromatic carbocycles. The first-order chi connectivity index (χ1) is 8.13. The molecule has 0 saturated carbocycles. The van der Waals surface area contributed by atoms with Gasteiger partial charge in [0.15, 0.2) is 11.5 Å². The van der Waals surface area contributed by atoms with Crippen LogP contribution in [-0.4, -0.2) is 38.4 Å². The van der Waals surface area contributed by atoms with E-state index in [4.69, 9.17) is 4.74 Å². The van der Waals surface area contributed by atoms with Crippen LogP contribution in [0.1, 0.15) is 5.56 Å². The minimum Gasteiger partial charge on any atom is -0.504 e. The molecule has 1 atom stereocenters. The van der Waals surface area contributed by atoms with E-state index in [2.05, 4.69) is 10.1 Å². The van der Waals surface area contributed by atoms with Gasteiger partial charge in [-0.25, -0.2) is 0 Å². The van der Waals surface area contributed by atoms with Crippen molar-refractivity contribution in [2.24, 2.45) is 0 Å². The van der Waals surface area contributed by atoms with E-state index in [1.165, 1.54) is 14.2 Å². The summed E-state index contributed by atoms with van der Waals surface area (Å²) in [7, 11) is 4.48. The van der Waals surface area contributed by atoms with Crippen molar-refractivity contribution < 1.29 is 19.4 Å². The van der Waals surface area contributed by atoms with E-state index in [1.807, 2.05) is 0 Å². The van der Waals surface area contributed by atoms with Gasteiger partial charge in [0.1, 0.15) is 6.04 Å². The van der Waals surface area contributed by atoms with Crippen LogP contribution >= 0.6 is 0 Å². The minimum atomic E-state index is -0.488. The average molecular weight is 239 g/mol. The number of aromatic hydroxyl groups is 1. The summed E-state index contributed by atoms with van der Waals surface area (Å²) in [6.07, 6.45) is 0.339. The minimum absolute atomic E-state index is 0.0548. The van der Waals surface area contributed by atoms with Crippen molar-refractivity contribution in [2.75, 3.05) is 21.3 Å². The number of carbonyl (C=O) groups is 1. The van der Waals surface area contributed by atoms with Crippen LogP contribution in [0.2, 0.25) is 0 Å². The molecule has 0 bridgehead atoms. The molecule has 0 fully saturated rings. The Labute approximate surface area is 100 Å². The number of ether oxygens (including phenoxy) is 2. The molecule has 0 saturated heterocycles. The topological polar surface area (TPSA) is 67.8 Å². The quantitative estimate of drug-likeness (QED) is 0.740. The van der Waals surface area contributed by atoms with E-state index >= 15 is 0 Å². The lowest BCUT2D eigenvalue weighted by Gasteiger charge is -2.15. The molecule has 1 rings (SSSR count). The Balaban J connectivity index is 2.90. The summed E-state index contributed by atoms with van der Waals surface area (Å²) in [5.41, 5.74) is 0.633. The van der Waals surface area contributed by atoms with Crippen LogP contribution in [0.15, 0.2) is 18.2 Å². The number of likely N-dealkylation sites (N-methyl/N-ethyl adjacent to an activating group) is 1. The number of rotatable bonds is 5. The molecule has 1 aromatic rings. The zero-order valence-electron chi connectivity index (χ0n) is 10.2. The number of benzene rings is 1. The van der Waals surface area contributed by atoms with Crippen LogP contribution in [0.4, 0.5) is 0 Å². The van der Waals surface area contributed by atoms with Crippen LogP contribution in [0, 0.1) is 0 Å². The van der Waals surface area contributed by atoms with Crippen LogP contribution in [0.25, 0.3) is 0 Å². The van der Waals surface area contributed by atoms with E-state index in [1.54, 1.807) is 25.2 Å². The van der Waals surface area contributed by atoms with Gasteiger partial charge in [-0.3, -0.25) is 4.79 Å². The van der Waals surface area contributed by atoms with Gasteiger partial charge in [0.25, 0.3) is 0 Å². The van der Waals surface area contributed by atoms with E-state index in [0.717, 1.165) is 0 Å². The summed E-state index contributed by atoms with van der Waals surface area (Å²) in [5.74, 6) is 0.0797. The third-order valence-electron chi connectivity index (χ3n) is 2.56. The van der Waals surface area contributed by atoms with Gasteiger partial charge in [-0.2, -0.15) is 0 Å². The molecule has 0 aliphatic carbocycles. The molecule has 94 valence electrons. The highest BCUT2D eigenvalue weighted by Crippen LogP contribution is 2.30. The number of nitrogens with one attached hydrogen (secondary N) is 1. The lowest BCUT2D eigenvalue weighted by molar-refractivity contribution is -0.142. The van der Waals surface area contributed by atoms with Crippen molar-refractivity contribution in [2.45, 2.75) is 12.5 Å². The normalized spacial score (nSPS) is 11.9. The van der Waals surface area contributed by atoms with Crippen molar-refractivity contribution in [3.8, 4) is 11.5 Å². The molecule has 0 aromatic heterocycles. The van der Waals surface area contributed by atoms with Gasteiger partial charge < -0.3 is 19.9 Å². The molecule has 0 spiro atoms. The molecule has 17 heavy (non-hydrogen) atoms. The van der Waals surface area contributed by atoms with Gasteiger partial charge in [0.05, 0.1) is 14.2 Å². The third-order valence-corrected chi connectivity index (χ3v) is 2.56. The first-order valence-electron chi connectivity index (χ1n) is 5.24. The fourth-order valence-corrected chi connectivity index (χ4v) is 1.56. The SMILES string of the molecule is CN[C@@H](Cc1cccc(OC)c1O)C(=O)OC. The van der Waals surface area contributed by atoms with Crippen molar-refractivity contribution in [3.63, 3.8) is 0 Å². The van der Waals surface area contributed by atoms with E-state index in [-0.39, 0.29) is 11.7 Å². The lowest BCUT2D eigenvalue weighted by Crippen LogP contribution is -2.36. The predicted molar refractivity (Wildman–Crippen MR) is 63.2 cm³/mol. The molecule has 0 amide bonds. The zero-order chi connectivity index (χ0) is 12.8. The van der Waals surface area contributed by atoms with E-state index in [9.17, 15) is 9.90 Å². The highest BCUT2D eigenvalue weighted by molar-refractivity contribution is 5.76. The zero-order valence-corrected chi connectivity index (χ0v) is 10.2. The molecular weight excluding hydrogens is 222 g/mol. The van der Waals surface area contributed by atoms with Gasteiger partial charge in [-0.15, -0.1) is 0 Å². The highest BCUT2D eigenvalue weighted by Gasteiger charge is 2.19. The molecule has 0 unspecified atom stereocenters. The Morgan fingerprint density at radius 2 is 2.18 bits per heavy atom. The predicted octanol–water partition coefficient (Wildman–Crippen LogP) is 0.704. The lowest BCUT2D eigenvalue weighted by atomic mass is 10.0. The largest absolute Gasteiger partial charge is 0.504 e. The molecule has 5 heteroatoms. The fraction of sp³-hybridized carbons (Fsp3) is 0.417. The van der Waals surface area contributed by atoms with Crippen LogP contribution in [0.5, 0.6) is 11.5 Å². The Hall–Kier alpha value is -1.75. The second-order valence-electron chi connectivity index (χ2n) is 3.54. The van der Waals surface area contributed by atoms with Gasteiger partial charge >= 0.3 is 5.97 Å². The van der Waals surface area contributed by atoms with Gasteiger partial charge in [0, 0.05) is 6.42 Å². The number of phenolic OH excluding ortho intramolecular Hbond substituents is 1. The van der Waals surface area contributed by atoms with Crippen LogP contribution < -0.4 is 10.1 Å². The van der Waals surface area contributed by atoms with Crippen LogP contribution in [0.3, 0.4) is 0 Å². The summed E-state index contributed by atoms with van der Waals surface area (Å²) in [4.78, 5) is 11.4. The maximum absolute atomic E-state index is 11.4. The number of hydrogen-bond acceptors (Lipinski definition) is 5. The van der Waals surface area contributed by atoms with E-state index < -0.39 is 6.04 Å². The molecule has 0 radical (unpaired) electrons. The number of phenols is 1. The van der Waals surface area contributed by atoms with Crippen molar-refractivity contribution in [3.05, 3.63) is 23.8 Å². The second-order valence-corrected chi connectivity index (χ2v) is 3.54. The average Bonchev–Trinajstić information content (AvgIpc) is 2.36. The number of methoxy groups -OCH3 is 2. The standard InChI is InChI=1S/C12H17NO4/c1-13-9(12(15)17-3)7-8-5-4-6-10(16-2)11(8)14/h4-6,9,13-14H,7H2,1-3H3/t9-/m0/s1. The van der Waals surface area contributed by atoms with Crippen LogP contribution in [-0.2, 0) is 16.0 Å². The van der Waals surface area contributed by atoms with E-state index in [0.29, 0.717) is 17.7 Å². The molecule has 2 N–H and O–H groups in total. The number of carbonyl (C=O) groups excluding carboxylic acids is 1. The third kappa shape index (κ3) is 3.10. The molecule has 5 nitrogen and oxygen atoms in total. The first-order valence-corrected chi connectivity index (χ1v) is 5.24. The highest BCUT2D eigenvalue weighted by atomic mass is 16.5. The number of hydrogen-bond donors (Lipinski definition) is 2. The Morgan fingerprint density at radius 3 is 2.71 bits per heavy atom. The smallest absolute Gasteiger partial charge is 0.323 e. The summed E-state index contributed by atoms with van der Waals surface area (Å²) >= 11 is 0. The molecule has 0 aliphatic heterocycles. The van der Waals surface area contributed by atoms with Gasteiger partial charge in [-0.05, 0) is 18.7 Å². The molecular formula is C12H17NO4. The maximum atomic E-state index is 11.4. The number of esters is 1. The monoisotopic (exact) mass is 239 g/mol. The Kier molecular flexibility index (Phi) is 4.78. The maximum Gasteiger partial charge on any atom is 0.323 e. The van der Waals surface area contributed by atoms with Gasteiger partial charge in [0.2, 0.25) is 0 Å². The number of para-hydroxylation sites is 1. The Morgan fingerprint density at radius 1 is 1.47 bits per heavy atom. The first kappa shape index (κ1) is 13.3. The van der Waals surface area contributed by atoms with Crippen molar-refractivity contribution in [1.82, 2.24) is 5.32 Å². The summed E-state index contributed by atoms with van der Waals surface area (Å²) in [6, 6.07) is 4.67. The molecule has 0 aliphatic rings. The summed E-state index contributed by atoms with van der Waals surface area (Å²) in [5, 5.41) is 12.7. The summed E-state index contributed by atoms with van der Waals surface area (Å²) < 4.78 is 9.66. The Bertz CT molecular complexity index is 392. The molecule has 0 heterocycles. The summed E-state index contributed by atoms with van der Waals surface area (Å²) in [6.45, 7) is 0.